The lowest BCUT2D eigenvalue weighted by atomic mass is 9.97. The summed E-state index contributed by atoms with van der Waals surface area (Å²) in [5.74, 6) is 0.902. The van der Waals surface area contributed by atoms with Crippen LogP contribution < -0.4 is 15.8 Å². The largest absolute Gasteiger partial charge is 0.482 e. The molecule has 12 nitrogen and oxygen atoms in total. The minimum Gasteiger partial charge on any atom is -0.482 e. The molecule has 3 N–H and O–H groups in total. The van der Waals surface area contributed by atoms with Crippen LogP contribution >= 0.6 is 0 Å². The normalized spacial score (nSPS) is 21.4. The molecule has 5 aromatic heterocycles. The zero-order valence-electron chi connectivity index (χ0n) is 26.6. The summed E-state index contributed by atoms with van der Waals surface area (Å²) in [7, 11) is 3.41. The lowest BCUT2D eigenvalue weighted by Gasteiger charge is -2.23. The molecule has 2 saturated heterocycles. The number of fused-ring (bicyclic) bond motifs is 4. The molecular formula is C34H39N9O3. The minimum absolute atomic E-state index is 0.00714. The molecule has 12 heteroatoms. The monoisotopic (exact) mass is 621 g/mol. The zero-order valence-corrected chi connectivity index (χ0v) is 26.6. The number of pyridine rings is 2. The maximum absolute atomic E-state index is 13.8. The van der Waals surface area contributed by atoms with Gasteiger partial charge < -0.3 is 25.3 Å². The molecule has 5 aromatic rings. The van der Waals surface area contributed by atoms with Gasteiger partial charge in [-0.05, 0) is 82.2 Å². The van der Waals surface area contributed by atoms with E-state index < -0.39 is 0 Å². The van der Waals surface area contributed by atoms with Gasteiger partial charge in [0.1, 0.15) is 22.7 Å². The summed E-state index contributed by atoms with van der Waals surface area (Å²) in [6.45, 7) is 4.80. The van der Waals surface area contributed by atoms with Crippen LogP contribution in [0.3, 0.4) is 0 Å². The van der Waals surface area contributed by atoms with Crippen molar-refractivity contribution >= 4 is 28.5 Å². The molecule has 2 aliphatic heterocycles. The summed E-state index contributed by atoms with van der Waals surface area (Å²) >= 11 is 0. The van der Waals surface area contributed by atoms with Crippen molar-refractivity contribution in [3.05, 3.63) is 65.2 Å². The van der Waals surface area contributed by atoms with Crippen LogP contribution in [0.4, 0.5) is 0 Å². The second kappa shape index (κ2) is 10.7. The van der Waals surface area contributed by atoms with Crippen LogP contribution in [0.2, 0.25) is 0 Å². The number of nitrogens with two attached hydrogens (primary N) is 1. The molecule has 238 valence electrons. The zero-order chi connectivity index (χ0) is 31.9. The number of hydrogen-bond donors (Lipinski definition) is 2. The molecular weight excluding hydrogens is 582 g/mol. The highest BCUT2D eigenvalue weighted by molar-refractivity contribution is 5.97. The standard InChI is InChI=1S/C34H39N9O3/c1-18(36-33(44)26-11-12-40(3)39-26)25-9-7-21-13-28(41(32(21)37-25)17-20-5-6-20)31-19(2)42-29(38-31)14-22(15-30(42)46-4)34(45)43-23-8-10-27(43)24(35)16-23/h7,9,11-15,18,20,23-24,27H,5-6,8,10,16-17,35H2,1-4H3,(H,36,44)/t18-,23+,24-,27-/m1/s1. The smallest absolute Gasteiger partial charge is 0.272 e. The molecule has 7 heterocycles. The average Bonchev–Trinajstić information content (AvgIpc) is 3.36. The van der Waals surface area contributed by atoms with Gasteiger partial charge in [0.25, 0.3) is 11.8 Å². The summed E-state index contributed by atoms with van der Waals surface area (Å²) in [4.78, 5) is 38.8. The number of rotatable bonds is 8. The SMILES string of the molecule is COc1cc(C(=O)N2[C@H]3CC[C@@H]2[C@H](N)C3)cc2nc(-c3cc4ccc([C@@H](C)NC(=O)c5ccn(C)n5)nc4n3CC3CC3)c(C)n12. The van der Waals surface area contributed by atoms with Crippen LogP contribution in [0.25, 0.3) is 28.1 Å². The maximum atomic E-state index is 13.8. The van der Waals surface area contributed by atoms with Crippen molar-refractivity contribution < 1.29 is 14.3 Å². The van der Waals surface area contributed by atoms with Gasteiger partial charge in [0.2, 0.25) is 0 Å². The van der Waals surface area contributed by atoms with Crippen LogP contribution in [0.15, 0.2) is 42.6 Å². The first-order valence-corrected chi connectivity index (χ1v) is 16.2. The van der Waals surface area contributed by atoms with Crippen molar-refractivity contribution in [2.24, 2.45) is 18.7 Å². The summed E-state index contributed by atoms with van der Waals surface area (Å²) < 4.78 is 11.7. The number of ether oxygens (including phenoxy) is 1. The fraction of sp³-hybridized carbons (Fsp3) is 0.441. The van der Waals surface area contributed by atoms with Gasteiger partial charge in [-0.1, -0.05) is 0 Å². The highest BCUT2D eigenvalue weighted by atomic mass is 16.5. The summed E-state index contributed by atoms with van der Waals surface area (Å²) in [5.41, 5.74) is 12.3. The number of hydrogen-bond acceptors (Lipinski definition) is 7. The predicted molar refractivity (Wildman–Crippen MR) is 173 cm³/mol. The fourth-order valence-electron chi connectivity index (χ4n) is 7.50. The number of carbonyl (C=O) groups is 2. The van der Waals surface area contributed by atoms with Gasteiger partial charge in [0.05, 0.1) is 30.2 Å². The van der Waals surface area contributed by atoms with Crippen molar-refractivity contribution in [1.82, 2.24) is 38.9 Å². The van der Waals surface area contributed by atoms with Gasteiger partial charge in [-0.25, -0.2) is 9.97 Å². The van der Waals surface area contributed by atoms with Gasteiger partial charge in [-0.15, -0.1) is 0 Å². The number of methoxy groups -OCH3 is 1. The van der Waals surface area contributed by atoms with Gasteiger partial charge in [0, 0.05) is 54.9 Å². The summed E-state index contributed by atoms with van der Waals surface area (Å²) in [6.07, 6.45) is 6.94. The molecule has 0 spiro atoms. The molecule has 0 aromatic carbocycles. The number of aromatic nitrogens is 6. The molecule has 4 atom stereocenters. The predicted octanol–water partition coefficient (Wildman–Crippen LogP) is 4.01. The Hall–Kier alpha value is -4.71. The Balaban J connectivity index is 1.17. The topological polar surface area (TPSA) is 138 Å². The number of amides is 2. The Kier molecular flexibility index (Phi) is 6.68. The first-order valence-electron chi connectivity index (χ1n) is 16.2. The van der Waals surface area contributed by atoms with Crippen molar-refractivity contribution in [1.29, 1.82) is 0 Å². The third kappa shape index (κ3) is 4.65. The van der Waals surface area contributed by atoms with Crippen molar-refractivity contribution in [3.8, 4) is 17.3 Å². The first kappa shape index (κ1) is 28.7. The Morgan fingerprint density at radius 3 is 2.61 bits per heavy atom. The number of carbonyl (C=O) groups excluding carboxylic acids is 2. The third-order valence-corrected chi connectivity index (χ3v) is 10.1. The third-order valence-electron chi connectivity index (χ3n) is 10.1. The molecule has 8 rings (SSSR count). The number of nitrogens with one attached hydrogen (secondary N) is 1. The van der Waals surface area contributed by atoms with Gasteiger partial charge >= 0.3 is 0 Å². The first-order chi connectivity index (χ1) is 22.2. The van der Waals surface area contributed by atoms with Crippen LogP contribution in [-0.4, -0.2) is 70.7 Å². The van der Waals surface area contributed by atoms with E-state index in [0.717, 1.165) is 59.6 Å². The van der Waals surface area contributed by atoms with Crippen molar-refractivity contribution in [2.75, 3.05) is 7.11 Å². The second-order valence-electron chi connectivity index (χ2n) is 13.2. The van der Waals surface area contributed by atoms with Crippen molar-refractivity contribution in [3.63, 3.8) is 0 Å². The highest BCUT2D eigenvalue weighted by Crippen LogP contribution is 2.40. The highest BCUT2D eigenvalue weighted by Gasteiger charge is 2.47. The van der Waals surface area contributed by atoms with Gasteiger partial charge in [0.15, 0.2) is 5.88 Å². The fourth-order valence-corrected chi connectivity index (χ4v) is 7.50. The molecule has 1 aliphatic carbocycles. The number of imidazole rings is 1. The van der Waals surface area contributed by atoms with Crippen LogP contribution in [0, 0.1) is 12.8 Å². The molecule has 3 aliphatic rings. The van der Waals surface area contributed by atoms with E-state index in [1.807, 2.05) is 41.3 Å². The van der Waals surface area contributed by atoms with E-state index in [1.165, 1.54) is 12.8 Å². The van der Waals surface area contributed by atoms with Crippen molar-refractivity contribution in [2.45, 2.75) is 76.7 Å². The Morgan fingerprint density at radius 2 is 1.93 bits per heavy atom. The van der Waals surface area contributed by atoms with E-state index in [-0.39, 0.29) is 36.0 Å². The Morgan fingerprint density at radius 1 is 1.11 bits per heavy atom. The average molecular weight is 622 g/mol. The molecule has 3 fully saturated rings. The van der Waals surface area contributed by atoms with Crippen LogP contribution in [-0.2, 0) is 13.6 Å². The minimum atomic E-state index is -0.316. The van der Waals surface area contributed by atoms with E-state index in [9.17, 15) is 9.59 Å². The number of aryl methyl sites for hydroxylation is 2. The molecule has 2 bridgehead atoms. The quantitative estimate of drug-likeness (QED) is 0.267. The van der Waals surface area contributed by atoms with Gasteiger partial charge in [-0.3, -0.25) is 18.7 Å². The Labute approximate surface area is 266 Å². The van der Waals surface area contributed by atoms with Gasteiger partial charge in [-0.2, -0.15) is 5.10 Å². The molecule has 2 amide bonds. The molecule has 0 unspecified atom stereocenters. The lowest BCUT2D eigenvalue weighted by Crippen LogP contribution is -2.40. The number of nitrogens with zero attached hydrogens (tertiary/aromatic N) is 7. The van der Waals surface area contributed by atoms with E-state index in [2.05, 4.69) is 27.1 Å². The van der Waals surface area contributed by atoms with E-state index in [1.54, 1.807) is 31.1 Å². The summed E-state index contributed by atoms with van der Waals surface area (Å²) in [6, 6.07) is 11.6. The second-order valence-corrected chi connectivity index (χ2v) is 13.2. The van der Waals surface area contributed by atoms with E-state index in [4.69, 9.17) is 20.4 Å². The summed E-state index contributed by atoms with van der Waals surface area (Å²) in [5, 5.41) is 8.26. The Bertz CT molecular complexity index is 2020. The van der Waals surface area contributed by atoms with E-state index >= 15 is 0 Å². The lowest BCUT2D eigenvalue weighted by molar-refractivity contribution is 0.0725. The molecule has 1 saturated carbocycles. The molecule has 0 radical (unpaired) electrons. The molecule has 46 heavy (non-hydrogen) atoms. The maximum Gasteiger partial charge on any atom is 0.272 e. The van der Waals surface area contributed by atoms with Crippen LogP contribution in [0.1, 0.15) is 77.3 Å². The van der Waals surface area contributed by atoms with E-state index in [0.29, 0.717) is 28.7 Å². The van der Waals surface area contributed by atoms with Crippen LogP contribution in [0.5, 0.6) is 5.88 Å².